The van der Waals surface area contributed by atoms with Crippen LogP contribution in [0.15, 0.2) is 18.2 Å². The summed E-state index contributed by atoms with van der Waals surface area (Å²) < 4.78 is 13.0. The van der Waals surface area contributed by atoms with Crippen molar-refractivity contribution in [1.29, 1.82) is 0 Å². The first-order valence-electron chi connectivity index (χ1n) is 5.38. The lowest BCUT2D eigenvalue weighted by Crippen LogP contribution is -2.31. The molecule has 0 aromatic heterocycles. The summed E-state index contributed by atoms with van der Waals surface area (Å²) in [5.74, 6) is 0.122. The van der Waals surface area contributed by atoms with Crippen LogP contribution < -0.4 is 11.5 Å². The molecule has 1 aromatic rings. The molecule has 4 N–H and O–H groups in total. The Morgan fingerprint density at radius 1 is 1.38 bits per heavy atom. The Labute approximate surface area is 101 Å². The van der Waals surface area contributed by atoms with Crippen molar-refractivity contribution in [2.24, 2.45) is 23.3 Å². The topological polar surface area (TPSA) is 52.0 Å². The summed E-state index contributed by atoms with van der Waals surface area (Å²) in [6.07, 6.45) is 0. The maximum Gasteiger partial charge on any atom is 0.141 e. The Bertz CT molecular complexity index is 355. The second-order valence-corrected chi connectivity index (χ2v) is 4.75. The average molecular weight is 245 g/mol. The smallest absolute Gasteiger partial charge is 0.141 e. The molecule has 0 radical (unpaired) electrons. The van der Waals surface area contributed by atoms with Crippen molar-refractivity contribution in [1.82, 2.24) is 0 Å². The number of rotatable bonds is 4. The number of benzene rings is 1. The van der Waals surface area contributed by atoms with Crippen molar-refractivity contribution in [3.05, 3.63) is 34.6 Å². The fourth-order valence-corrected chi connectivity index (χ4v) is 1.99. The van der Waals surface area contributed by atoms with Gasteiger partial charge < -0.3 is 11.5 Å². The molecule has 0 bridgehead atoms. The summed E-state index contributed by atoms with van der Waals surface area (Å²) in [4.78, 5) is 0. The molecule has 0 amide bonds. The Kier molecular flexibility index (Phi) is 4.71. The molecule has 0 aliphatic carbocycles. The molecular weight excluding hydrogens is 227 g/mol. The predicted octanol–water partition coefficient (Wildman–Crippen LogP) is 2.71. The van der Waals surface area contributed by atoms with Crippen molar-refractivity contribution >= 4 is 11.6 Å². The number of hydrogen-bond donors (Lipinski definition) is 2. The Morgan fingerprint density at radius 2 is 2.00 bits per heavy atom. The van der Waals surface area contributed by atoms with E-state index in [1.54, 1.807) is 12.1 Å². The minimum atomic E-state index is -0.425. The lowest BCUT2D eigenvalue weighted by atomic mass is 9.85. The van der Waals surface area contributed by atoms with Crippen LogP contribution in [0.5, 0.6) is 0 Å². The van der Waals surface area contributed by atoms with Gasteiger partial charge in [-0.2, -0.15) is 0 Å². The van der Waals surface area contributed by atoms with E-state index >= 15 is 0 Å². The molecular formula is C12H18ClFN2. The van der Waals surface area contributed by atoms with Gasteiger partial charge >= 0.3 is 0 Å². The predicted molar refractivity (Wildman–Crippen MR) is 65.7 cm³/mol. The fraction of sp³-hybridized carbons (Fsp3) is 0.500. The second-order valence-electron chi connectivity index (χ2n) is 4.34. The molecule has 0 heterocycles. The SMILES string of the molecule is CC(C)C(CN)C(N)c1ccc(F)c(Cl)c1. The van der Waals surface area contributed by atoms with Crippen LogP contribution in [0.1, 0.15) is 25.5 Å². The standard InChI is InChI=1S/C12H18ClFN2/c1-7(2)9(6-15)12(16)8-3-4-11(14)10(13)5-8/h3-5,7,9,12H,6,15-16H2,1-2H3. The molecule has 4 heteroatoms. The first-order chi connectivity index (χ1) is 7.47. The first kappa shape index (κ1) is 13.4. The number of hydrogen-bond acceptors (Lipinski definition) is 2. The molecule has 0 fully saturated rings. The van der Waals surface area contributed by atoms with Crippen LogP contribution in [-0.4, -0.2) is 6.54 Å². The zero-order valence-electron chi connectivity index (χ0n) is 9.58. The average Bonchev–Trinajstić information content (AvgIpc) is 2.22. The molecule has 90 valence electrons. The second kappa shape index (κ2) is 5.62. The van der Waals surface area contributed by atoms with E-state index in [2.05, 4.69) is 13.8 Å². The number of nitrogens with two attached hydrogens (primary N) is 2. The molecule has 0 saturated heterocycles. The van der Waals surface area contributed by atoms with E-state index in [4.69, 9.17) is 23.1 Å². The van der Waals surface area contributed by atoms with Crippen LogP contribution in [0, 0.1) is 17.7 Å². The van der Waals surface area contributed by atoms with E-state index in [0.717, 1.165) is 5.56 Å². The quantitative estimate of drug-likeness (QED) is 0.856. The van der Waals surface area contributed by atoms with E-state index < -0.39 is 5.82 Å². The molecule has 0 aliphatic rings. The summed E-state index contributed by atoms with van der Waals surface area (Å²) in [5, 5.41) is 0.104. The Balaban J connectivity index is 2.94. The lowest BCUT2D eigenvalue weighted by Gasteiger charge is -2.26. The van der Waals surface area contributed by atoms with Crippen LogP contribution >= 0.6 is 11.6 Å². The molecule has 16 heavy (non-hydrogen) atoms. The maximum atomic E-state index is 13.0. The molecule has 0 saturated carbocycles. The van der Waals surface area contributed by atoms with Crippen molar-refractivity contribution in [3.8, 4) is 0 Å². The monoisotopic (exact) mass is 244 g/mol. The van der Waals surface area contributed by atoms with Gasteiger partial charge in [-0.05, 0) is 36.1 Å². The summed E-state index contributed by atoms with van der Waals surface area (Å²) in [6, 6.07) is 4.37. The Morgan fingerprint density at radius 3 is 2.44 bits per heavy atom. The van der Waals surface area contributed by atoms with Gasteiger partial charge in [0.05, 0.1) is 5.02 Å². The minimum Gasteiger partial charge on any atom is -0.330 e. The van der Waals surface area contributed by atoms with Crippen molar-refractivity contribution in [2.45, 2.75) is 19.9 Å². The third-order valence-electron chi connectivity index (χ3n) is 2.92. The summed E-state index contributed by atoms with van der Waals surface area (Å²) in [5.41, 5.74) is 12.6. The van der Waals surface area contributed by atoms with Gasteiger partial charge in [0.2, 0.25) is 0 Å². The van der Waals surface area contributed by atoms with Gasteiger partial charge in [-0.25, -0.2) is 4.39 Å². The molecule has 2 atom stereocenters. The van der Waals surface area contributed by atoms with Crippen LogP contribution in [0.3, 0.4) is 0 Å². The van der Waals surface area contributed by atoms with Gasteiger partial charge in [0, 0.05) is 6.04 Å². The van der Waals surface area contributed by atoms with Crippen LogP contribution in [0.25, 0.3) is 0 Å². The first-order valence-corrected chi connectivity index (χ1v) is 5.75. The van der Waals surface area contributed by atoms with E-state index in [-0.39, 0.29) is 17.0 Å². The van der Waals surface area contributed by atoms with E-state index in [0.29, 0.717) is 12.5 Å². The molecule has 2 nitrogen and oxygen atoms in total. The molecule has 1 rings (SSSR count). The van der Waals surface area contributed by atoms with E-state index in [1.807, 2.05) is 0 Å². The highest BCUT2D eigenvalue weighted by Gasteiger charge is 2.21. The zero-order valence-corrected chi connectivity index (χ0v) is 10.3. The van der Waals surface area contributed by atoms with E-state index in [9.17, 15) is 4.39 Å². The summed E-state index contributed by atoms with van der Waals surface area (Å²) in [6.45, 7) is 4.65. The highest BCUT2D eigenvalue weighted by atomic mass is 35.5. The highest BCUT2D eigenvalue weighted by molar-refractivity contribution is 6.30. The molecule has 0 aliphatic heterocycles. The highest BCUT2D eigenvalue weighted by Crippen LogP contribution is 2.27. The third-order valence-corrected chi connectivity index (χ3v) is 3.21. The van der Waals surface area contributed by atoms with Gasteiger partial charge in [0.25, 0.3) is 0 Å². The third kappa shape index (κ3) is 2.94. The molecule has 1 aromatic carbocycles. The van der Waals surface area contributed by atoms with Gasteiger partial charge in [0.1, 0.15) is 5.82 Å². The van der Waals surface area contributed by atoms with Crippen LogP contribution in [0.2, 0.25) is 5.02 Å². The zero-order chi connectivity index (χ0) is 12.3. The van der Waals surface area contributed by atoms with Crippen LogP contribution in [0.4, 0.5) is 4.39 Å². The van der Waals surface area contributed by atoms with Gasteiger partial charge in [0.15, 0.2) is 0 Å². The van der Waals surface area contributed by atoms with Gasteiger partial charge in [-0.15, -0.1) is 0 Å². The molecule has 2 unspecified atom stereocenters. The van der Waals surface area contributed by atoms with Gasteiger partial charge in [-0.1, -0.05) is 31.5 Å². The van der Waals surface area contributed by atoms with Crippen molar-refractivity contribution in [2.75, 3.05) is 6.54 Å². The minimum absolute atomic E-state index is 0.104. The number of halogens is 2. The summed E-state index contributed by atoms with van der Waals surface area (Å²) in [7, 11) is 0. The summed E-state index contributed by atoms with van der Waals surface area (Å²) >= 11 is 5.72. The maximum absolute atomic E-state index is 13.0. The molecule has 0 spiro atoms. The van der Waals surface area contributed by atoms with Crippen LogP contribution in [-0.2, 0) is 0 Å². The lowest BCUT2D eigenvalue weighted by molar-refractivity contribution is 0.331. The van der Waals surface area contributed by atoms with Crippen molar-refractivity contribution < 1.29 is 4.39 Å². The van der Waals surface area contributed by atoms with Crippen molar-refractivity contribution in [3.63, 3.8) is 0 Å². The fourth-order valence-electron chi connectivity index (χ4n) is 1.80. The normalized spacial score (nSPS) is 15.2. The van der Waals surface area contributed by atoms with Gasteiger partial charge in [-0.3, -0.25) is 0 Å². The van der Waals surface area contributed by atoms with E-state index in [1.165, 1.54) is 6.07 Å². The Hall–Kier alpha value is -0.640. The largest absolute Gasteiger partial charge is 0.330 e.